The second-order valence-corrected chi connectivity index (χ2v) is 8.07. The van der Waals surface area contributed by atoms with Crippen molar-refractivity contribution in [1.29, 1.82) is 0 Å². The molecule has 33 heavy (non-hydrogen) atoms. The van der Waals surface area contributed by atoms with E-state index in [9.17, 15) is 9.59 Å². The fraction of sp³-hybridized carbons (Fsp3) is 0.115. The highest BCUT2D eigenvalue weighted by Gasteiger charge is 2.15. The number of hydrogen-bond acceptors (Lipinski definition) is 3. The van der Waals surface area contributed by atoms with Gasteiger partial charge in [0.15, 0.2) is 0 Å². The molecule has 2 amide bonds. The molecule has 4 aromatic rings. The van der Waals surface area contributed by atoms with Crippen LogP contribution in [0.1, 0.15) is 18.4 Å². The highest BCUT2D eigenvalue weighted by atomic mass is 35.5. The molecule has 0 saturated carbocycles. The normalized spacial score (nSPS) is 10.6. The van der Waals surface area contributed by atoms with Gasteiger partial charge in [-0.1, -0.05) is 65.7 Å². The number of nitrogens with zero attached hydrogens (tertiary/aromatic N) is 2. The maximum absolute atomic E-state index is 12.7. The number of carbonyl (C=O) groups excluding carboxylic acids is 2. The fourth-order valence-electron chi connectivity index (χ4n) is 3.32. The number of aromatic nitrogens is 2. The lowest BCUT2D eigenvalue weighted by atomic mass is 10.1. The first-order chi connectivity index (χ1) is 16.0. The standard InChI is InChI=1S/C26H23ClN4O2/c1-18-10-12-21(13-11-18)28-25(32)14-15-26(33)29-24-17-23(19-6-3-2-4-7-19)30-31(24)22-9-5-8-20(27)16-22/h2-13,16-17H,14-15H2,1H3,(H,28,32)(H,29,33). The maximum Gasteiger partial charge on any atom is 0.226 e. The summed E-state index contributed by atoms with van der Waals surface area (Å²) < 4.78 is 1.64. The van der Waals surface area contributed by atoms with E-state index in [2.05, 4.69) is 15.7 Å². The van der Waals surface area contributed by atoms with Gasteiger partial charge in [-0.15, -0.1) is 0 Å². The first-order valence-electron chi connectivity index (χ1n) is 10.6. The number of aryl methyl sites for hydroxylation is 1. The SMILES string of the molecule is Cc1ccc(NC(=O)CCC(=O)Nc2cc(-c3ccccc3)nn2-c2cccc(Cl)c2)cc1. The highest BCUT2D eigenvalue weighted by molar-refractivity contribution is 6.30. The Morgan fingerprint density at radius 1 is 0.848 bits per heavy atom. The van der Waals surface area contributed by atoms with Crippen LogP contribution < -0.4 is 10.6 Å². The molecule has 3 aromatic carbocycles. The quantitative estimate of drug-likeness (QED) is 0.364. The van der Waals surface area contributed by atoms with Crippen molar-refractivity contribution in [3.8, 4) is 16.9 Å². The van der Waals surface area contributed by atoms with Gasteiger partial charge in [0, 0.05) is 35.2 Å². The molecule has 2 N–H and O–H groups in total. The largest absolute Gasteiger partial charge is 0.326 e. The number of benzene rings is 3. The number of carbonyl (C=O) groups is 2. The van der Waals surface area contributed by atoms with Crippen LogP contribution in [0.25, 0.3) is 16.9 Å². The molecule has 0 radical (unpaired) electrons. The predicted molar refractivity (Wildman–Crippen MR) is 132 cm³/mol. The Morgan fingerprint density at radius 3 is 2.24 bits per heavy atom. The molecule has 0 saturated heterocycles. The van der Waals surface area contributed by atoms with Crippen molar-refractivity contribution in [2.75, 3.05) is 10.6 Å². The molecule has 0 bridgehead atoms. The number of hydrogen-bond donors (Lipinski definition) is 2. The molecule has 0 aliphatic carbocycles. The van der Waals surface area contributed by atoms with E-state index in [1.165, 1.54) is 0 Å². The average Bonchev–Trinajstić information content (AvgIpc) is 3.23. The van der Waals surface area contributed by atoms with Gasteiger partial charge in [0.2, 0.25) is 11.8 Å². The van der Waals surface area contributed by atoms with Crippen molar-refractivity contribution in [3.05, 3.63) is 95.5 Å². The van der Waals surface area contributed by atoms with E-state index in [1.807, 2.05) is 73.7 Å². The van der Waals surface area contributed by atoms with Gasteiger partial charge in [0.05, 0.1) is 11.4 Å². The minimum Gasteiger partial charge on any atom is -0.326 e. The number of amides is 2. The van der Waals surface area contributed by atoms with Crippen molar-refractivity contribution in [2.45, 2.75) is 19.8 Å². The Balaban J connectivity index is 1.48. The summed E-state index contributed by atoms with van der Waals surface area (Å²) in [5, 5.41) is 10.9. The van der Waals surface area contributed by atoms with E-state index in [0.29, 0.717) is 22.2 Å². The second kappa shape index (κ2) is 10.1. The number of halogens is 1. The first-order valence-corrected chi connectivity index (χ1v) is 10.9. The summed E-state index contributed by atoms with van der Waals surface area (Å²) in [7, 11) is 0. The Hall–Kier alpha value is -3.90. The number of rotatable bonds is 7. The molecule has 0 spiro atoms. The molecule has 0 atom stereocenters. The first kappa shape index (κ1) is 22.3. The van der Waals surface area contributed by atoms with Crippen LogP contribution in [0.5, 0.6) is 0 Å². The third kappa shape index (κ3) is 5.87. The molecule has 0 unspecified atom stereocenters. The van der Waals surface area contributed by atoms with Crippen molar-refractivity contribution in [1.82, 2.24) is 9.78 Å². The summed E-state index contributed by atoms with van der Waals surface area (Å²) in [5.74, 6) is -0.000708. The van der Waals surface area contributed by atoms with Crippen LogP contribution in [-0.2, 0) is 9.59 Å². The molecule has 4 rings (SSSR count). The van der Waals surface area contributed by atoms with Crippen LogP contribution in [-0.4, -0.2) is 21.6 Å². The van der Waals surface area contributed by atoms with E-state index < -0.39 is 0 Å². The average molecular weight is 459 g/mol. The molecule has 6 nitrogen and oxygen atoms in total. The van der Waals surface area contributed by atoms with Crippen LogP contribution in [0.4, 0.5) is 11.5 Å². The van der Waals surface area contributed by atoms with E-state index in [-0.39, 0.29) is 24.7 Å². The summed E-state index contributed by atoms with van der Waals surface area (Å²) in [4.78, 5) is 24.9. The zero-order chi connectivity index (χ0) is 23.2. The molecule has 166 valence electrons. The smallest absolute Gasteiger partial charge is 0.226 e. The Labute approximate surface area is 197 Å². The van der Waals surface area contributed by atoms with Gasteiger partial charge in [-0.3, -0.25) is 9.59 Å². The molecular formula is C26H23ClN4O2. The van der Waals surface area contributed by atoms with Crippen LogP contribution in [0.3, 0.4) is 0 Å². The van der Waals surface area contributed by atoms with Crippen molar-refractivity contribution in [3.63, 3.8) is 0 Å². The van der Waals surface area contributed by atoms with Crippen molar-refractivity contribution >= 4 is 34.9 Å². The zero-order valence-electron chi connectivity index (χ0n) is 18.1. The molecule has 0 aliphatic heterocycles. The second-order valence-electron chi connectivity index (χ2n) is 7.63. The third-order valence-electron chi connectivity index (χ3n) is 5.01. The van der Waals surface area contributed by atoms with Crippen LogP contribution in [0, 0.1) is 6.92 Å². The lowest BCUT2D eigenvalue weighted by Gasteiger charge is -2.09. The topological polar surface area (TPSA) is 76.0 Å². The van der Waals surface area contributed by atoms with Crippen molar-refractivity contribution < 1.29 is 9.59 Å². The Kier molecular flexibility index (Phi) is 6.86. The van der Waals surface area contributed by atoms with E-state index in [4.69, 9.17) is 11.6 Å². The third-order valence-corrected chi connectivity index (χ3v) is 5.25. The zero-order valence-corrected chi connectivity index (χ0v) is 18.8. The van der Waals surface area contributed by atoms with Gasteiger partial charge in [0.1, 0.15) is 5.82 Å². The monoisotopic (exact) mass is 458 g/mol. The lowest BCUT2D eigenvalue weighted by Crippen LogP contribution is -2.18. The van der Waals surface area contributed by atoms with Crippen LogP contribution in [0.2, 0.25) is 5.02 Å². The summed E-state index contributed by atoms with van der Waals surface area (Å²) >= 11 is 6.16. The Morgan fingerprint density at radius 2 is 1.55 bits per heavy atom. The van der Waals surface area contributed by atoms with Gasteiger partial charge in [0.25, 0.3) is 0 Å². The fourth-order valence-corrected chi connectivity index (χ4v) is 3.50. The summed E-state index contributed by atoms with van der Waals surface area (Å²) in [6.45, 7) is 1.98. The van der Waals surface area contributed by atoms with Gasteiger partial charge in [-0.05, 0) is 37.3 Å². The van der Waals surface area contributed by atoms with E-state index in [1.54, 1.807) is 22.9 Å². The minimum atomic E-state index is -0.281. The molecule has 0 aliphatic rings. The van der Waals surface area contributed by atoms with Crippen molar-refractivity contribution in [2.24, 2.45) is 0 Å². The molecule has 1 heterocycles. The van der Waals surface area contributed by atoms with E-state index >= 15 is 0 Å². The number of nitrogens with one attached hydrogen (secondary N) is 2. The van der Waals surface area contributed by atoms with Gasteiger partial charge in [-0.2, -0.15) is 5.10 Å². The summed E-state index contributed by atoms with van der Waals surface area (Å²) in [5.41, 5.74) is 4.17. The minimum absolute atomic E-state index is 0.0408. The van der Waals surface area contributed by atoms with E-state index in [0.717, 1.165) is 16.8 Å². The molecule has 7 heteroatoms. The Bertz CT molecular complexity index is 1270. The summed E-state index contributed by atoms with van der Waals surface area (Å²) in [6, 6.07) is 26.2. The lowest BCUT2D eigenvalue weighted by molar-refractivity contribution is -0.121. The van der Waals surface area contributed by atoms with Crippen LogP contribution in [0.15, 0.2) is 84.9 Å². The number of anilines is 2. The van der Waals surface area contributed by atoms with Gasteiger partial charge >= 0.3 is 0 Å². The highest BCUT2D eigenvalue weighted by Crippen LogP contribution is 2.26. The molecular weight excluding hydrogens is 436 g/mol. The van der Waals surface area contributed by atoms with Crippen LogP contribution >= 0.6 is 11.6 Å². The molecule has 1 aromatic heterocycles. The van der Waals surface area contributed by atoms with Gasteiger partial charge in [-0.25, -0.2) is 4.68 Å². The summed E-state index contributed by atoms with van der Waals surface area (Å²) in [6.07, 6.45) is 0.107. The predicted octanol–water partition coefficient (Wildman–Crippen LogP) is 5.86. The molecule has 0 fully saturated rings. The van der Waals surface area contributed by atoms with Gasteiger partial charge < -0.3 is 10.6 Å². The maximum atomic E-state index is 12.7.